The first-order valence-corrected chi connectivity index (χ1v) is 7.04. The number of carboxylic acids is 1. The van der Waals surface area contributed by atoms with E-state index in [0.29, 0.717) is 19.4 Å². The molecule has 0 aliphatic carbocycles. The second kappa shape index (κ2) is 9.98. The third-order valence-electron chi connectivity index (χ3n) is 3.05. The fourth-order valence-corrected chi connectivity index (χ4v) is 1.93. The van der Waals surface area contributed by atoms with Gasteiger partial charge in [0.2, 0.25) is 5.91 Å². The van der Waals surface area contributed by atoms with E-state index in [-0.39, 0.29) is 24.3 Å². The molecular weight excluding hydrogens is 274 g/mol. The van der Waals surface area contributed by atoms with Crippen molar-refractivity contribution in [1.29, 1.82) is 0 Å². The summed E-state index contributed by atoms with van der Waals surface area (Å²) in [7, 11) is 3.60. The van der Waals surface area contributed by atoms with Crippen LogP contribution in [-0.4, -0.2) is 60.6 Å². The number of carbonyl (C=O) groups is 2. The van der Waals surface area contributed by atoms with Gasteiger partial charge in [-0.3, -0.25) is 14.7 Å². The number of nitrogens with two attached hydrogens (primary N) is 2. The Bertz CT molecular complexity index is 367. The Labute approximate surface area is 125 Å². The molecule has 8 nitrogen and oxygen atoms in total. The number of aliphatic imine (C=N–C) groups is 1. The van der Waals surface area contributed by atoms with Crippen LogP contribution in [0.1, 0.15) is 32.6 Å². The van der Waals surface area contributed by atoms with E-state index < -0.39 is 12.0 Å². The largest absolute Gasteiger partial charge is 0.480 e. The van der Waals surface area contributed by atoms with Crippen LogP contribution in [-0.2, 0) is 9.59 Å². The van der Waals surface area contributed by atoms with E-state index in [2.05, 4.69) is 10.3 Å². The van der Waals surface area contributed by atoms with Crippen molar-refractivity contribution >= 4 is 17.8 Å². The molecule has 8 heteroatoms. The van der Waals surface area contributed by atoms with Gasteiger partial charge in [-0.2, -0.15) is 0 Å². The summed E-state index contributed by atoms with van der Waals surface area (Å²) in [5, 5.41) is 11.7. The van der Waals surface area contributed by atoms with Crippen molar-refractivity contribution in [3.63, 3.8) is 0 Å². The second-order valence-electron chi connectivity index (χ2n) is 5.12. The van der Waals surface area contributed by atoms with Crippen molar-refractivity contribution < 1.29 is 14.7 Å². The highest BCUT2D eigenvalue weighted by Gasteiger charge is 2.25. The molecule has 21 heavy (non-hydrogen) atoms. The molecule has 0 radical (unpaired) electrons. The van der Waals surface area contributed by atoms with Crippen molar-refractivity contribution in [2.45, 2.75) is 44.7 Å². The van der Waals surface area contributed by atoms with E-state index in [1.807, 2.05) is 6.92 Å². The third kappa shape index (κ3) is 8.13. The van der Waals surface area contributed by atoms with Crippen LogP contribution in [0, 0.1) is 0 Å². The summed E-state index contributed by atoms with van der Waals surface area (Å²) in [6, 6.07) is -1.25. The Morgan fingerprint density at radius 3 is 2.33 bits per heavy atom. The van der Waals surface area contributed by atoms with Gasteiger partial charge in [0.1, 0.15) is 6.04 Å². The van der Waals surface area contributed by atoms with E-state index in [1.165, 1.54) is 0 Å². The van der Waals surface area contributed by atoms with Crippen molar-refractivity contribution in [2.75, 3.05) is 20.6 Å². The highest BCUT2D eigenvalue weighted by Crippen LogP contribution is 2.06. The van der Waals surface area contributed by atoms with Gasteiger partial charge >= 0.3 is 5.97 Å². The number of likely N-dealkylation sites (N-methyl/N-ethyl adjacent to an activating group) is 1. The highest BCUT2D eigenvalue weighted by atomic mass is 16.4. The normalized spacial score (nSPS) is 13.5. The summed E-state index contributed by atoms with van der Waals surface area (Å²) < 4.78 is 0. The minimum Gasteiger partial charge on any atom is -0.480 e. The average Bonchev–Trinajstić information content (AvgIpc) is 2.38. The Morgan fingerprint density at radius 1 is 1.29 bits per heavy atom. The van der Waals surface area contributed by atoms with Crippen LogP contribution < -0.4 is 16.8 Å². The first kappa shape index (κ1) is 19.2. The van der Waals surface area contributed by atoms with Gasteiger partial charge in [-0.15, -0.1) is 0 Å². The molecule has 0 aromatic rings. The summed E-state index contributed by atoms with van der Waals surface area (Å²) >= 11 is 0. The molecule has 122 valence electrons. The summed E-state index contributed by atoms with van der Waals surface area (Å²) in [5.74, 6) is -1.35. The van der Waals surface area contributed by atoms with E-state index in [9.17, 15) is 9.59 Å². The maximum atomic E-state index is 12.1. The summed E-state index contributed by atoms with van der Waals surface area (Å²) in [5.41, 5.74) is 10.4. The average molecular weight is 301 g/mol. The van der Waals surface area contributed by atoms with Gasteiger partial charge in [0.15, 0.2) is 5.96 Å². The maximum absolute atomic E-state index is 12.1. The molecule has 0 spiro atoms. The molecule has 0 saturated carbocycles. The molecule has 0 fully saturated rings. The molecule has 0 aliphatic heterocycles. The third-order valence-corrected chi connectivity index (χ3v) is 3.05. The van der Waals surface area contributed by atoms with Gasteiger partial charge in [0.05, 0.1) is 6.04 Å². The van der Waals surface area contributed by atoms with E-state index in [1.54, 1.807) is 19.0 Å². The lowest BCUT2D eigenvalue weighted by molar-refractivity contribution is -0.142. The number of hydrogen-bond acceptors (Lipinski definition) is 4. The lowest BCUT2D eigenvalue weighted by Crippen LogP contribution is -2.49. The van der Waals surface area contributed by atoms with Gasteiger partial charge in [-0.05, 0) is 33.4 Å². The number of nitrogens with one attached hydrogen (secondary N) is 1. The molecule has 0 saturated heterocycles. The maximum Gasteiger partial charge on any atom is 0.326 e. The van der Waals surface area contributed by atoms with Crippen molar-refractivity contribution in [2.24, 2.45) is 16.5 Å². The number of rotatable bonds is 10. The molecular formula is C13H27N5O3. The molecule has 0 bridgehead atoms. The summed E-state index contributed by atoms with van der Waals surface area (Å²) in [6.45, 7) is 2.32. The first-order chi connectivity index (χ1) is 9.79. The minimum absolute atomic E-state index is 0.0264. The van der Waals surface area contributed by atoms with Gasteiger partial charge in [0.25, 0.3) is 0 Å². The number of guanidine groups is 1. The molecule has 0 aliphatic rings. The fourth-order valence-electron chi connectivity index (χ4n) is 1.93. The van der Waals surface area contributed by atoms with E-state index in [0.717, 1.165) is 6.42 Å². The summed E-state index contributed by atoms with van der Waals surface area (Å²) in [4.78, 5) is 28.9. The molecule has 1 amide bonds. The minimum atomic E-state index is -1.05. The second-order valence-corrected chi connectivity index (χ2v) is 5.12. The standard InChI is InChI=1S/C13H27N5O3/c1-4-6-10(18(2)3)11(19)17-9(12(20)21)7-5-8-16-13(14)15/h9-10H,4-8H2,1-3H3,(H,17,19)(H,20,21)(H4,14,15,16)/t9-,10-/m0/s1. The SMILES string of the molecule is CCC[C@@H](C(=O)N[C@@H](CCCN=C(N)N)C(=O)O)N(C)C. The van der Waals surface area contributed by atoms with E-state index in [4.69, 9.17) is 16.6 Å². The van der Waals surface area contributed by atoms with Crippen LogP contribution >= 0.6 is 0 Å². The first-order valence-electron chi connectivity index (χ1n) is 7.04. The summed E-state index contributed by atoms with van der Waals surface area (Å²) in [6.07, 6.45) is 2.29. The Hall–Kier alpha value is -1.83. The lowest BCUT2D eigenvalue weighted by Gasteiger charge is -2.25. The number of nitrogens with zero attached hydrogens (tertiary/aromatic N) is 2. The molecule has 0 unspecified atom stereocenters. The number of hydrogen-bond donors (Lipinski definition) is 4. The molecule has 0 heterocycles. The van der Waals surface area contributed by atoms with Crippen molar-refractivity contribution in [3.05, 3.63) is 0 Å². The van der Waals surface area contributed by atoms with Gasteiger partial charge in [-0.1, -0.05) is 13.3 Å². The van der Waals surface area contributed by atoms with Gasteiger partial charge in [0, 0.05) is 6.54 Å². The lowest BCUT2D eigenvalue weighted by atomic mass is 10.1. The fraction of sp³-hybridized carbons (Fsp3) is 0.769. The predicted octanol–water partition coefficient (Wildman–Crippen LogP) is -0.660. The highest BCUT2D eigenvalue weighted by molar-refractivity contribution is 5.86. The van der Waals surface area contributed by atoms with Crippen LogP contribution in [0.4, 0.5) is 0 Å². The smallest absolute Gasteiger partial charge is 0.326 e. The topological polar surface area (TPSA) is 134 Å². The number of carboxylic acid groups (broad SMARTS) is 1. The quantitative estimate of drug-likeness (QED) is 0.240. The predicted molar refractivity (Wildman–Crippen MR) is 81.9 cm³/mol. The van der Waals surface area contributed by atoms with Gasteiger partial charge < -0.3 is 21.9 Å². The van der Waals surface area contributed by atoms with Crippen molar-refractivity contribution in [3.8, 4) is 0 Å². The Morgan fingerprint density at radius 2 is 1.90 bits per heavy atom. The van der Waals surface area contributed by atoms with E-state index >= 15 is 0 Å². The zero-order valence-electron chi connectivity index (χ0n) is 13.0. The van der Waals surface area contributed by atoms with Crippen LogP contribution in [0.5, 0.6) is 0 Å². The molecule has 0 aromatic carbocycles. The van der Waals surface area contributed by atoms with Crippen LogP contribution in [0.2, 0.25) is 0 Å². The molecule has 0 aromatic heterocycles. The van der Waals surface area contributed by atoms with Crippen molar-refractivity contribution in [1.82, 2.24) is 10.2 Å². The zero-order valence-corrected chi connectivity index (χ0v) is 13.0. The van der Waals surface area contributed by atoms with Crippen LogP contribution in [0.15, 0.2) is 4.99 Å². The number of carbonyl (C=O) groups excluding carboxylic acids is 1. The zero-order chi connectivity index (χ0) is 16.4. The molecule has 0 rings (SSSR count). The van der Waals surface area contributed by atoms with Gasteiger partial charge in [-0.25, -0.2) is 4.79 Å². The monoisotopic (exact) mass is 301 g/mol. The van der Waals surface area contributed by atoms with Crippen LogP contribution in [0.3, 0.4) is 0 Å². The molecule has 6 N–H and O–H groups in total. The molecule has 2 atom stereocenters. The Kier molecular flexibility index (Phi) is 9.11. The number of aliphatic carboxylic acids is 1. The van der Waals surface area contributed by atoms with Crippen LogP contribution in [0.25, 0.3) is 0 Å². The number of amides is 1. The Balaban J connectivity index is 4.51.